The molecule has 1 aliphatic heterocycles. The number of aliphatic hydroxyl groups excluding tert-OH is 1. The smallest absolute Gasteiger partial charge is 0.213 e. The minimum atomic E-state index is -3.08. The van der Waals surface area contributed by atoms with E-state index in [4.69, 9.17) is 0 Å². The molecule has 1 aliphatic rings. The summed E-state index contributed by atoms with van der Waals surface area (Å²) >= 11 is 0. The van der Waals surface area contributed by atoms with Crippen LogP contribution in [0.25, 0.3) is 0 Å². The Labute approximate surface area is 129 Å². The zero-order valence-electron chi connectivity index (χ0n) is 13.8. The fourth-order valence-electron chi connectivity index (χ4n) is 2.78. The number of nitrogens with zero attached hydrogens (tertiary/aromatic N) is 3. The molecule has 0 aromatic heterocycles. The molecule has 1 fully saturated rings. The molecule has 0 saturated carbocycles. The second kappa shape index (κ2) is 8.43. The summed E-state index contributed by atoms with van der Waals surface area (Å²) in [6, 6.07) is 0.457. The van der Waals surface area contributed by atoms with Crippen molar-refractivity contribution < 1.29 is 13.5 Å². The second-order valence-corrected chi connectivity index (χ2v) is 8.46. The SMILES string of the molecule is CC[C@H]1CN(CCCS(=O)(=O)N(C)C)CCN1C[C@H](C)O. The van der Waals surface area contributed by atoms with Gasteiger partial charge in [-0.05, 0) is 26.3 Å². The Morgan fingerprint density at radius 1 is 1.33 bits per heavy atom. The minimum absolute atomic E-state index is 0.213. The van der Waals surface area contributed by atoms with Crippen molar-refractivity contribution in [2.24, 2.45) is 0 Å². The molecular formula is C14H31N3O3S. The van der Waals surface area contributed by atoms with E-state index in [0.717, 1.165) is 39.1 Å². The molecule has 6 nitrogen and oxygen atoms in total. The number of hydrogen-bond acceptors (Lipinski definition) is 5. The molecule has 0 unspecified atom stereocenters. The van der Waals surface area contributed by atoms with Crippen molar-refractivity contribution >= 4 is 10.0 Å². The number of hydrogen-bond donors (Lipinski definition) is 1. The van der Waals surface area contributed by atoms with E-state index in [1.54, 1.807) is 14.1 Å². The van der Waals surface area contributed by atoms with Gasteiger partial charge in [0.1, 0.15) is 0 Å². The Morgan fingerprint density at radius 2 is 2.00 bits per heavy atom. The molecule has 0 aromatic rings. The topological polar surface area (TPSA) is 64.1 Å². The van der Waals surface area contributed by atoms with Crippen molar-refractivity contribution in [1.29, 1.82) is 0 Å². The zero-order valence-corrected chi connectivity index (χ0v) is 14.6. The van der Waals surface area contributed by atoms with Crippen molar-refractivity contribution in [3.63, 3.8) is 0 Å². The van der Waals surface area contributed by atoms with Gasteiger partial charge in [0, 0.05) is 46.3 Å². The molecule has 0 spiro atoms. The molecule has 0 amide bonds. The molecule has 1 saturated heterocycles. The van der Waals surface area contributed by atoms with Crippen LogP contribution in [0.3, 0.4) is 0 Å². The van der Waals surface area contributed by atoms with Crippen molar-refractivity contribution in [3.8, 4) is 0 Å². The fourth-order valence-corrected chi connectivity index (χ4v) is 3.64. The molecule has 7 heteroatoms. The van der Waals surface area contributed by atoms with Gasteiger partial charge in [0.2, 0.25) is 10.0 Å². The monoisotopic (exact) mass is 321 g/mol. The highest BCUT2D eigenvalue weighted by Crippen LogP contribution is 2.14. The van der Waals surface area contributed by atoms with Crippen molar-refractivity contribution in [2.75, 3.05) is 52.6 Å². The quantitative estimate of drug-likeness (QED) is 0.684. The molecule has 2 atom stereocenters. The molecule has 0 bridgehead atoms. The van der Waals surface area contributed by atoms with Gasteiger partial charge in [-0.15, -0.1) is 0 Å². The lowest BCUT2D eigenvalue weighted by Crippen LogP contribution is -2.54. The van der Waals surface area contributed by atoms with Gasteiger partial charge < -0.3 is 10.0 Å². The van der Waals surface area contributed by atoms with Crippen LogP contribution in [-0.4, -0.2) is 92.3 Å². The standard InChI is InChI=1S/C14H31N3O3S/c1-5-14-12-16(8-9-17(14)11-13(2)18)7-6-10-21(19,20)15(3)4/h13-14,18H,5-12H2,1-4H3/t13-,14-/m0/s1. The maximum atomic E-state index is 11.7. The number of aliphatic hydroxyl groups is 1. The molecule has 1 N–H and O–H groups in total. The summed E-state index contributed by atoms with van der Waals surface area (Å²) in [7, 11) is 0.0797. The number of rotatable bonds is 8. The highest BCUT2D eigenvalue weighted by molar-refractivity contribution is 7.89. The van der Waals surface area contributed by atoms with Gasteiger partial charge in [0.15, 0.2) is 0 Å². The summed E-state index contributed by atoms with van der Waals surface area (Å²) in [5.74, 6) is 0.213. The van der Waals surface area contributed by atoms with Gasteiger partial charge in [0.25, 0.3) is 0 Å². The number of piperazine rings is 1. The third-order valence-electron chi connectivity index (χ3n) is 4.09. The molecule has 0 aromatic carbocycles. The molecule has 21 heavy (non-hydrogen) atoms. The van der Waals surface area contributed by atoms with Gasteiger partial charge in [-0.3, -0.25) is 4.90 Å². The Kier molecular flexibility index (Phi) is 7.56. The lowest BCUT2D eigenvalue weighted by atomic mass is 10.1. The first-order chi connectivity index (χ1) is 9.76. The van der Waals surface area contributed by atoms with E-state index in [1.807, 2.05) is 6.92 Å². The Bertz CT molecular complexity index is 398. The van der Waals surface area contributed by atoms with Gasteiger partial charge in [-0.2, -0.15) is 0 Å². The van der Waals surface area contributed by atoms with E-state index in [-0.39, 0.29) is 11.9 Å². The summed E-state index contributed by atoms with van der Waals surface area (Å²) < 4.78 is 24.8. The number of sulfonamides is 1. The summed E-state index contributed by atoms with van der Waals surface area (Å²) in [6.45, 7) is 8.40. The maximum absolute atomic E-state index is 11.7. The first-order valence-electron chi connectivity index (χ1n) is 7.81. The second-order valence-electron chi connectivity index (χ2n) is 6.16. The van der Waals surface area contributed by atoms with Crippen molar-refractivity contribution in [2.45, 2.75) is 38.8 Å². The highest BCUT2D eigenvalue weighted by Gasteiger charge is 2.26. The molecular weight excluding hydrogens is 290 g/mol. The Morgan fingerprint density at radius 3 is 2.52 bits per heavy atom. The third kappa shape index (κ3) is 6.20. The van der Waals surface area contributed by atoms with Crippen molar-refractivity contribution in [3.05, 3.63) is 0 Å². The predicted octanol–water partition coefficient (Wildman–Crippen LogP) is 0.0449. The third-order valence-corrected chi connectivity index (χ3v) is 6.01. The average Bonchev–Trinajstić information content (AvgIpc) is 2.39. The summed E-state index contributed by atoms with van der Waals surface area (Å²) in [5, 5.41) is 9.54. The van der Waals surface area contributed by atoms with Crippen LogP contribution in [0.4, 0.5) is 0 Å². The molecule has 0 aliphatic carbocycles. The van der Waals surface area contributed by atoms with E-state index >= 15 is 0 Å². The lowest BCUT2D eigenvalue weighted by molar-refractivity contribution is 0.0368. The van der Waals surface area contributed by atoms with E-state index < -0.39 is 10.0 Å². The summed E-state index contributed by atoms with van der Waals surface area (Å²) in [4.78, 5) is 4.69. The Hall–Kier alpha value is -0.210. The minimum Gasteiger partial charge on any atom is -0.392 e. The van der Waals surface area contributed by atoms with Crippen LogP contribution in [0.2, 0.25) is 0 Å². The highest BCUT2D eigenvalue weighted by atomic mass is 32.2. The zero-order chi connectivity index (χ0) is 16.0. The fraction of sp³-hybridized carbons (Fsp3) is 1.00. The lowest BCUT2D eigenvalue weighted by Gasteiger charge is -2.41. The molecule has 1 heterocycles. The van der Waals surface area contributed by atoms with Gasteiger partial charge >= 0.3 is 0 Å². The van der Waals surface area contributed by atoms with Crippen molar-refractivity contribution in [1.82, 2.24) is 14.1 Å². The van der Waals surface area contributed by atoms with Crippen LogP contribution in [0.1, 0.15) is 26.7 Å². The molecule has 0 radical (unpaired) electrons. The van der Waals surface area contributed by atoms with Crippen LogP contribution >= 0.6 is 0 Å². The van der Waals surface area contributed by atoms with Crippen LogP contribution in [-0.2, 0) is 10.0 Å². The van der Waals surface area contributed by atoms with Crippen LogP contribution in [0.15, 0.2) is 0 Å². The van der Waals surface area contributed by atoms with Gasteiger partial charge in [-0.1, -0.05) is 6.92 Å². The van der Waals surface area contributed by atoms with Gasteiger partial charge in [0.05, 0.1) is 11.9 Å². The molecule has 1 rings (SSSR count). The van der Waals surface area contributed by atoms with E-state index in [2.05, 4.69) is 16.7 Å². The van der Waals surface area contributed by atoms with Crippen LogP contribution in [0, 0.1) is 0 Å². The first-order valence-corrected chi connectivity index (χ1v) is 9.41. The van der Waals surface area contributed by atoms with E-state index in [9.17, 15) is 13.5 Å². The number of β-amino-alcohol motifs (C(OH)–C–C–N with tert-alkyl or cyclic N) is 1. The van der Waals surface area contributed by atoms with Gasteiger partial charge in [-0.25, -0.2) is 12.7 Å². The predicted molar refractivity (Wildman–Crippen MR) is 85.9 cm³/mol. The van der Waals surface area contributed by atoms with Crippen LogP contribution < -0.4 is 0 Å². The first kappa shape index (κ1) is 18.8. The molecule has 126 valence electrons. The summed E-state index contributed by atoms with van der Waals surface area (Å²) in [5.41, 5.74) is 0. The van der Waals surface area contributed by atoms with E-state index in [1.165, 1.54) is 4.31 Å². The largest absolute Gasteiger partial charge is 0.392 e. The normalized spacial score (nSPS) is 23.6. The maximum Gasteiger partial charge on any atom is 0.213 e. The van der Waals surface area contributed by atoms with E-state index in [0.29, 0.717) is 12.5 Å². The average molecular weight is 321 g/mol. The van der Waals surface area contributed by atoms with Crippen LogP contribution in [0.5, 0.6) is 0 Å². The summed E-state index contributed by atoms with van der Waals surface area (Å²) in [6.07, 6.45) is 1.43. The Balaban J connectivity index is 2.39.